The Hall–Kier alpha value is -0.520. The molecule has 0 aromatic carbocycles. The Morgan fingerprint density at radius 1 is 0.731 bits per heavy atom. The van der Waals surface area contributed by atoms with Crippen molar-refractivity contribution in [3.8, 4) is 0 Å². The van der Waals surface area contributed by atoms with Gasteiger partial charge in [-0.2, -0.15) is 0 Å². The zero-order chi connectivity index (χ0) is 37.1. The van der Waals surface area contributed by atoms with Gasteiger partial charge in [0.1, 0.15) is 19.2 Å². The molecule has 8 nitrogen and oxygen atoms in total. The number of nitrogens with zero attached hydrogens (tertiary/aromatic N) is 2. The number of aliphatic hydroxyl groups is 2. The van der Waals surface area contributed by atoms with Crippen LogP contribution in [0.5, 0.6) is 0 Å². The molecule has 0 spiro atoms. The van der Waals surface area contributed by atoms with Crippen molar-refractivity contribution in [2.24, 2.45) is 56.7 Å². The van der Waals surface area contributed by atoms with Crippen molar-refractivity contribution < 1.29 is 38.2 Å². The highest BCUT2D eigenvalue weighted by Crippen LogP contribution is 2.77. The average molecular weight is 865 g/mol. The largest absolute Gasteiger partial charge is 0.461 e. The van der Waals surface area contributed by atoms with Crippen LogP contribution in [-0.4, -0.2) is 111 Å². The summed E-state index contributed by atoms with van der Waals surface area (Å²) in [6.45, 7) is 21.7. The number of aliphatic hydroxyl groups excluding tert-OH is 2. The average Bonchev–Trinajstić information content (AvgIpc) is 3.38. The van der Waals surface area contributed by atoms with Gasteiger partial charge in [-0.25, -0.2) is 9.59 Å². The number of carbonyl (C=O) groups excluding carboxylic acids is 2. The van der Waals surface area contributed by atoms with Gasteiger partial charge in [-0.1, -0.05) is 46.8 Å². The molecule has 52 heavy (non-hydrogen) atoms. The van der Waals surface area contributed by atoms with Crippen molar-refractivity contribution >= 4 is 45.9 Å². The first-order valence-electron chi connectivity index (χ1n) is 20.0. The van der Waals surface area contributed by atoms with Crippen LogP contribution in [0.4, 0.5) is 0 Å². The fraction of sp³-hybridized carbons (Fsp3) is 0.905. The topological polar surface area (TPSA) is 93.1 Å². The summed E-state index contributed by atoms with van der Waals surface area (Å²) in [5.41, 5.74) is 1.79. The van der Waals surface area contributed by atoms with Crippen LogP contribution >= 0.6 is 34.0 Å². The van der Waals surface area contributed by atoms with Crippen molar-refractivity contribution in [1.82, 2.24) is 0 Å². The molecule has 5 rings (SSSR count). The molecule has 0 saturated heterocycles. The van der Waals surface area contributed by atoms with E-state index in [2.05, 4.69) is 48.1 Å². The first-order valence-corrected chi connectivity index (χ1v) is 20.0. The second-order valence-corrected chi connectivity index (χ2v) is 20.6. The number of likely N-dealkylation sites (N-methyl/N-ethyl adjacent to an activating group) is 2. The zero-order valence-corrected chi connectivity index (χ0v) is 37.9. The third kappa shape index (κ3) is 8.01. The second kappa shape index (κ2) is 16.1. The number of allylic oxidation sites excluding steroid dienone is 1. The predicted molar refractivity (Wildman–Crippen MR) is 218 cm³/mol. The maximum atomic E-state index is 13.2. The van der Waals surface area contributed by atoms with Crippen molar-refractivity contribution in [1.29, 1.82) is 0 Å². The van der Waals surface area contributed by atoms with Gasteiger partial charge < -0.3 is 28.7 Å². The number of carbonyl (C=O) groups is 2. The minimum atomic E-state index is -0.151. The van der Waals surface area contributed by atoms with Crippen molar-refractivity contribution in [3.05, 3.63) is 12.2 Å². The fourth-order valence-corrected chi connectivity index (χ4v) is 13.6. The quantitative estimate of drug-likeness (QED) is 0.121. The molecule has 0 heterocycles. The molecule has 5 aliphatic carbocycles. The molecule has 10 atom stereocenters. The molecule has 0 aromatic rings. The molecule has 0 radical (unpaired) electrons. The molecule has 0 amide bonds. The minimum absolute atomic E-state index is 0. The Bertz CT molecular complexity index is 1310. The van der Waals surface area contributed by atoms with E-state index in [1.807, 2.05) is 28.2 Å². The molecule has 10 heteroatoms. The SMILES string of the molecule is Br.Br.C=C(C)C1CCC2(COC(=O)C[N+](C)(C)CCO)CC[C@@]3(C)C(CCC4[C@@]5(C)CCC(OC(=O)C[N+](C)(C)CCO)C(C)(C)C5CC[C@]43C)C12. The lowest BCUT2D eigenvalue weighted by Crippen LogP contribution is -2.67. The molecule has 7 unspecified atom stereocenters. The number of rotatable bonds is 12. The van der Waals surface area contributed by atoms with Gasteiger partial charge in [-0.3, -0.25) is 0 Å². The fourth-order valence-electron chi connectivity index (χ4n) is 13.6. The van der Waals surface area contributed by atoms with Crippen LogP contribution in [0.15, 0.2) is 12.2 Å². The van der Waals surface area contributed by atoms with Crippen LogP contribution in [0.3, 0.4) is 0 Å². The Balaban J connectivity index is 0.00000364. The molecule has 5 aliphatic rings. The van der Waals surface area contributed by atoms with E-state index in [4.69, 9.17) is 9.47 Å². The monoisotopic (exact) mass is 862 g/mol. The number of halogens is 2. The molecule has 0 bridgehead atoms. The number of ether oxygens (including phenoxy) is 2. The lowest BCUT2D eigenvalue weighted by molar-refractivity contribution is -0.883. The summed E-state index contributed by atoms with van der Waals surface area (Å²) in [5, 5.41) is 19.0. The summed E-state index contributed by atoms with van der Waals surface area (Å²) in [5.74, 6) is 2.34. The second-order valence-electron chi connectivity index (χ2n) is 20.6. The maximum absolute atomic E-state index is 13.2. The number of hydrogen-bond acceptors (Lipinski definition) is 6. The first-order chi connectivity index (χ1) is 23.1. The Morgan fingerprint density at radius 3 is 1.90 bits per heavy atom. The number of fused-ring (bicyclic) bond motifs is 7. The van der Waals surface area contributed by atoms with Gasteiger partial charge in [0.2, 0.25) is 0 Å². The van der Waals surface area contributed by atoms with Gasteiger partial charge in [0.25, 0.3) is 0 Å². The van der Waals surface area contributed by atoms with Crippen molar-refractivity contribution in [2.75, 3.05) is 74.2 Å². The van der Waals surface area contributed by atoms with Crippen LogP contribution in [0, 0.1) is 56.7 Å². The number of esters is 2. The van der Waals surface area contributed by atoms with E-state index >= 15 is 0 Å². The van der Waals surface area contributed by atoms with E-state index in [1.54, 1.807) is 0 Å². The molecule has 0 aliphatic heterocycles. The molecular formula is C42H76Br2N2O6+2. The molecule has 0 aromatic heterocycles. The van der Waals surface area contributed by atoms with Gasteiger partial charge >= 0.3 is 11.9 Å². The molecule has 5 saturated carbocycles. The van der Waals surface area contributed by atoms with E-state index in [9.17, 15) is 19.8 Å². The van der Waals surface area contributed by atoms with Gasteiger partial charge in [-0.05, 0) is 117 Å². The van der Waals surface area contributed by atoms with Crippen molar-refractivity contribution in [3.63, 3.8) is 0 Å². The third-order valence-corrected chi connectivity index (χ3v) is 16.5. The van der Waals surface area contributed by atoms with Crippen LogP contribution in [0.25, 0.3) is 0 Å². The highest BCUT2D eigenvalue weighted by Gasteiger charge is 2.71. The van der Waals surface area contributed by atoms with Gasteiger partial charge in [0.05, 0.1) is 48.0 Å². The lowest BCUT2D eigenvalue weighted by Gasteiger charge is -2.73. The normalized spacial score (nSPS) is 39.3. The third-order valence-electron chi connectivity index (χ3n) is 16.5. The smallest absolute Gasteiger partial charge is 0.362 e. The summed E-state index contributed by atoms with van der Waals surface area (Å²) in [4.78, 5) is 26.4. The first kappa shape index (κ1) is 45.9. The van der Waals surface area contributed by atoms with E-state index < -0.39 is 0 Å². The van der Waals surface area contributed by atoms with E-state index in [0.717, 1.165) is 38.5 Å². The summed E-state index contributed by atoms with van der Waals surface area (Å²) >= 11 is 0. The standard InChI is InChI=1S/C42H74N2O6.2BrH/c1-29(2)30-14-19-42(28-49-35(47)26-43(8,9)22-24-45)21-20-40(6)31(37(30)42)12-13-33-39(5)17-16-34(50-36(48)27-44(10,11)23-25-46)38(3,4)32(39)15-18-41(33,40)7;;/h30-34,37,45-46H,1,12-28H2,2-11H3;2*1H/q+2;;/t30?,31?,32?,33?,34?,37?,39-,40-,41+,42?;;/m0../s1. The van der Waals surface area contributed by atoms with Crippen LogP contribution < -0.4 is 0 Å². The predicted octanol–water partition coefficient (Wildman–Crippen LogP) is 7.39. The Kier molecular flexibility index (Phi) is 14.2. The van der Waals surface area contributed by atoms with E-state index in [-0.39, 0.29) is 105 Å². The van der Waals surface area contributed by atoms with E-state index in [1.165, 1.54) is 31.3 Å². The summed E-state index contributed by atoms with van der Waals surface area (Å²) < 4.78 is 13.4. The van der Waals surface area contributed by atoms with Gasteiger partial charge in [0.15, 0.2) is 13.1 Å². The zero-order valence-electron chi connectivity index (χ0n) is 34.4. The molecular weight excluding hydrogens is 788 g/mol. The molecule has 302 valence electrons. The lowest BCUT2D eigenvalue weighted by atomic mass is 9.32. The summed E-state index contributed by atoms with van der Waals surface area (Å²) in [6.07, 6.45) is 11.3. The Labute approximate surface area is 337 Å². The highest BCUT2D eigenvalue weighted by molar-refractivity contribution is 8.93. The van der Waals surface area contributed by atoms with Crippen LogP contribution in [-0.2, 0) is 19.1 Å². The Morgan fingerprint density at radius 2 is 1.33 bits per heavy atom. The van der Waals surface area contributed by atoms with Gasteiger partial charge in [-0.15, -0.1) is 34.0 Å². The number of quaternary nitrogens is 2. The van der Waals surface area contributed by atoms with Crippen LogP contribution in [0.1, 0.15) is 106 Å². The maximum Gasteiger partial charge on any atom is 0.362 e. The van der Waals surface area contributed by atoms with Crippen LogP contribution in [0.2, 0.25) is 0 Å². The molecule has 2 N–H and O–H groups in total. The van der Waals surface area contributed by atoms with Gasteiger partial charge in [0, 0.05) is 10.8 Å². The van der Waals surface area contributed by atoms with Crippen molar-refractivity contribution in [2.45, 2.75) is 112 Å². The molecule has 5 fully saturated rings. The minimum Gasteiger partial charge on any atom is -0.461 e. The highest BCUT2D eigenvalue weighted by atomic mass is 79.9. The van der Waals surface area contributed by atoms with E-state index in [0.29, 0.717) is 58.3 Å². The number of hydrogen-bond donors (Lipinski definition) is 2. The summed E-state index contributed by atoms with van der Waals surface area (Å²) in [6, 6.07) is 0. The summed E-state index contributed by atoms with van der Waals surface area (Å²) in [7, 11) is 7.92.